The molecule has 142 valence electrons. The Kier molecular flexibility index (Phi) is 8.89. The van der Waals surface area contributed by atoms with Gasteiger partial charge in [-0.1, -0.05) is 0 Å². The number of hydrogen-bond donors (Lipinski definition) is 4. The number of β-amino-alcohol motifs (C(OH)–C–C–N with tert-alkyl or cyclic N) is 1. The van der Waals surface area contributed by atoms with Crippen molar-refractivity contribution in [2.24, 2.45) is 0 Å². The number of nitrogens with one attached hydrogen (secondary N) is 3. The van der Waals surface area contributed by atoms with Crippen molar-refractivity contribution >= 4 is 0 Å². The average Bonchev–Trinajstić information content (AvgIpc) is 2.91. The summed E-state index contributed by atoms with van der Waals surface area (Å²) in [5.41, 5.74) is 0. The minimum Gasteiger partial charge on any atom is -0.389 e. The maximum absolute atomic E-state index is 10.5. The zero-order valence-electron chi connectivity index (χ0n) is 15.4. The van der Waals surface area contributed by atoms with Crippen LogP contribution in [0.3, 0.4) is 0 Å². The third kappa shape index (κ3) is 7.74. The number of aliphatic hydroxyl groups excluding tert-OH is 1. The van der Waals surface area contributed by atoms with E-state index in [2.05, 4.69) is 20.9 Å². The summed E-state index contributed by atoms with van der Waals surface area (Å²) < 4.78 is 11.4. The van der Waals surface area contributed by atoms with Crippen LogP contribution in [0, 0.1) is 0 Å². The number of aliphatic hydroxyl groups is 1. The fourth-order valence-electron chi connectivity index (χ4n) is 3.14. The zero-order valence-corrected chi connectivity index (χ0v) is 15.4. The molecule has 0 bridgehead atoms. The van der Waals surface area contributed by atoms with E-state index in [9.17, 15) is 5.11 Å². The molecule has 0 saturated carbocycles. The van der Waals surface area contributed by atoms with E-state index in [0.717, 1.165) is 65.2 Å². The second-order valence-corrected chi connectivity index (χ2v) is 7.19. The van der Waals surface area contributed by atoms with Crippen LogP contribution in [0.1, 0.15) is 26.7 Å². The highest BCUT2D eigenvalue weighted by Gasteiger charge is 2.37. The van der Waals surface area contributed by atoms with Gasteiger partial charge in [-0.2, -0.15) is 0 Å². The molecule has 2 atom stereocenters. The first-order valence-electron chi connectivity index (χ1n) is 9.41. The van der Waals surface area contributed by atoms with Crippen LogP contribution in [0.15, 0.2) is 0 Å². The Hall–Kier alpha value is -0.280. The standard InChI is InChI=1S/C17H36N4O3/c1-17(2)23-14-16(24-17)15(22)13-21-11-4-7-19-9-8-18-5-3-6-20-10-12-21/h15-16,18-20,22H,3-14H2,1-2H3. The van der Waals surface area contributed by atoms with Gasteiger partial charge >= 0.3 is 0 Å². The molecule has 7 heteroatoms. The van der Waals surface area contributed by atoms with E-state index in [1.165, 1.54) is 0 Å². The van der Waals surface area contributed by atoms with Gasteiger partial charge in [0, 0.05) is 32.7 Å². The van der Waals surface area contributed by atoms with E-state index in [0.29, 0.717) is 13.2 Å². The first kappa shape index (κ1) is 20.0. The largest absolute Gasteiger partial charge is 0.389 e. The van der Waals surface area contributed by atoms with Crippen molar-refractivity contribution in [2.75, 3.05) is 65.5 Å². The molecule has 2 saturated heterocycles. The molecule has 2 heterocycles. The lowest BCUT2D eigenvalue weighted by atomic mass is 10.2. The van der Waals surface area contributed by atoms with Crippen molar-refractivity contribution in [1.29, 1.82) is 0 Å². The quantitative estimate of drug-likeness (QED) is 0.543. The summed E-state index contributed by atoms with van der Waals surface area (Å²) in [6, 6.07) is 0. The van der Waals surface area contributed by atoms with Gasteiger partial charge in [-0.3, -0.25) is 4.90 Å². The summed E-state index contributed by atoms with van der Waals surface area (Å²) in [6.07, 6.45) is 1.48. The Labute approximate surface area is 146 Å². The van der Waals surface area contributed by atoms with Crippen molar-refractivity contribution in [3.63, 3.8) is 0 Å². The lowest BCUT2D eigenvalue weighted by molar-refractivity contribution is -0.152. The minimum atomic E-state index is -0.580. The molecule has 2 rings (SSSR count). The fraction of sp³-hybridized carbons (Fsp3) is 1.00. The van der Waals surface area contributed by atoms with E-state index in [4.69, 9.17) is 9.47 Å². The summed E-state index contributed by atoms with van der Waals surface area (Å²) >= 11 is 0. The molecule has 0 spiro atoms. The molecule has 2 unspecified atom stereocenters. The Bertz CT molecular complexity index is 330. The van der Waals surface area contributed by atoms with Gasteiger partial charge in [0.25, 0.3) is 0 Å². The molecule has 2 aliphatic rings. The molecule has 24 heavy (non-hydrogen) atoms. The normalized spacial score (nSPS) is 29.9. The van der Waals surface area contributed by atoms with Crippen molar-refractivity contribution in [2.45, 2.75) is 44.7 Å². The van der Waals surface area contributed by atoms with Crippen LogP contribution in [0.25, 0.3) is 0 Å². The summed E-state index contributed by atoms with van der Waals surface area (Å²) in [4.78, 5) is 2.33. The summed E-state index contributed by atoms with van der Waals surface area (Å²) in [5, 5.41) is 20.9. The van der Waals surface area contributed by atoms with Crippen molar-refractivity contribution in [3.05, 3.63) is 0 Å². The minimum absolute atomic E-state index is 0.231. The van der Waals surface area contributed by atoms with Crippen LogP contribution in [0.2, 0.25) is 0 Å². The molecule has 0 aliphatic carbocycles. The van der Waals surface area contributed by atoms with E-state index in [-0.39, 0.29) is 6.10 Å². The average molecular weight is 345 g/mol. The van der Waals surface area contributed by atoms with Crippen LogP contribution in [-0.2, 0) is 9.47 Å². The Balaban J connectivity index is 1.76. The highest BCUT2D eigenvalue weighted by atomic mass is 16.7. The first-order valence-corrected chi connectivity index (χ1v) is 9.41. The van der Waals surface area contributed by atoms with Crippen LogP contribution < -0.4 is 16.0 Å². The van der Waals surface area contributed by atoms with Crippen molar-refractivity contribution in [3.8, 4) is 0 Å². The Morgan fingerprint density at radius 2 is 1.67 bits per heavy atom. The third-order valence-electron chi connectivity index (χ3n) is 4.52. The van der Waals surface area contributed by atoms with Gasteiger partial charge in [0.1, 0.15) is 6.10 Å². The topological polar surface area (TPSA) is 78.0 Å². The molecule has 4 N–H and O–H groups in total. The maximum atomic E-state index is 10.5. The SMILES string of the molecule is CC1(C)OCC(C(O)CN2CCCNCCNCCCNCC2)O1. The van der Waals surface area contributed by atoms with Gasteiger partial charge in [-0.05, 0) is 52.9 Å². The van der Waals surface area contributed by atoms with Crippen molar-refractivity contribution < 1.29 is 14.6 Å². The lowest BCUT2D eigenvalue weighted by Gasteiger charge is -2.28. The highest BCUT2D eigenvalue weighted by molar-refractivity contribution is 4.80. The molecular weight excluding hydrogens is 308 g/mol. The molecular formula is C17H36N4O3. The molecule has 0 aromatic rings. The van der Waals surface area contributed by atoms with Crippen LogP contribution >= 0.6 is 0 Å². The van der Waals surface area contributed by atoms with E-state index >= 15 is 0 Å². The summed E-state index contributed by atoms with van der Waals surface area (Å²) in [7, 11) is 0. The fourth-order valence-corrected chi connectivity index (χ4v) is 3.14. The summed E-state index contributed by atoms with van der Waals surface area (Å²) in [5.74, 6) is -0.580. The molecule has 7 nitrogen and oxygen atoms in total. The molecule has 0 aromatic carbocycles. The predicted molar refractivity (Wildman–Crippen MR) is 95.2 cm³/mol. The molecule has 0 radical (unpaired) electrons. The second-order valence-electron chi connectivity index (χ2n) is 7.19. The monoisotopic (exact) mass is 344 g/mol. The highest BCUT2D eigenvalue weighted by Crippen LogP contribution is 2.24. The number of rotatable bonds is 3. The smallest absolute Gasteiger partial charge is 0.163 e. The molecule has 2 aliphatic heterocycles. The summed E-state index contributed by atoms with van der Waals surface area (Å²) in [6.45, 7) is 12.9. The van der Waals surface area contributed by atoms with Gasteiger partial charge in [-0.25, -0.2) is 0 Å². The Morgan fingerprint density at radius 1 is 1.00 bits per heavy atom. The molecule has 0 aromatic heterocycles. The maximum Gasteiger partial charge on any atom is 0.163 e. The molecule has 2 fully saturated rings. The lowest BCUT2D eigenvalue weighted by Crippen LogP contribution is -2.44. The first-order chi connectivity index (χ1) is 11.6. The van der Waals surface area contributed by atoms with Gasteiger partial charge in [0.2, 0.25) is 0 Å². The number of ether oxygens (including phenoxy) is 2. The molecule has 0 amide bonds. The number of hydrogen-bond acceptors (Lipinski definition) is 7. The van der Waals surface area contributed by atoms with E-state index in [1.54, 1.807) is 0 Å². The second kappa shape index (κ2) is 10.7. The van der Waals surface area contributed by atoms with Crippen LogP contribution in [-0.4, -0.2) is 93.5 Å². The van der Waals surface area contributed by atoms with Gasteiger partial charge in [0.15, 0.2) is 5.79 Å². The van der Waals surface area contributed by atoms with E-state index < -0.39 is 11.9 Å². The van der Waals surface area contributed by atoms with Crippen molar-refractivity contribution in [1.82, 2.24) is 20.9 Å². The third-order valence-corrected chi connectivity index (χ3v) is 4.52. The zero-order chi connectivity index (χ0) is 17.3. The van der Waals surface area contributed by atoms with Gasteiger partial charge in [0.05, 0.1) is 12.7 Å². The van der Waals surface area contributed by atoms with E-state index in [1.807, 2.05) is 13.8 Å². The Morgan fingerprint density at radius 3 is 2.33 bits per heavy atom. The predicted octanol–water partition coefficient (Wildman–Crippen LogP) is -0.637. The van der Waals surface area contributed by atoms with Gasteiger partial charge in [-0.15, -0.1) is 0 Å². The number of nitrogens with zero attached hydrogens (tertiary/aromatic N) is 1. The van der Waals surface area contributed by atoms with Gasteiger partial charge < -0.3 is 30.5 Å². The van der Waals surface area contributed by atoms with Crippen LogP contribution in [0.5, 0.6) is 0 Å². The van der Waals surface area contributed by atoms with Crippen LogP contribution in [0.4, 0.5) is 0 Å².